The van der Waals surface area contributed by atoms with Gasteiger partial charge in [0.1, 0.15) is 0 Å². The fraction of sp³-hybridized carbons (Fsp3) is 0.176. The van der Waals surface area contributed by atoms with Crippen LogP contribution in [0.4, 0.5) is 0 Å². The minimum atomic E-state index is 1.07. The van der Waals surface area contributed by atoms with Crippen molar-refractivity contribution < 1.29 is 0 Å². The molecule has 3 rings (SSSR count). The molecule has 0 unspecified atom stereocenters. The SMILES string of the molecule is CC1=C(c2ccc3ccccc3c2C)CC=C1. The Morgan fingerprint density at radius 2 is 1.76 bits per heavy atom. The Hall–Kier alpha value is -1.82. The van der Waals surface area contributed by atoms with Crippen LogP contribution in [0.1, 0.15) is 24.5 Å². The van der Waals surface area contributed by atoms with Crippen LogP contribution >= 0.6 is 0 Å². The van der Waals surface area contributed by atoms with Gasteiger partial charge in [-0.1, -0.05) is 48.6 Å². The molecule has 0 fully saturated rings. The van der Waals surface area contributed by atoms with Gasteiger partial charge in [-0.05, 0) is 53.3 Å². The van der Waals surface area contributed by atoms with Crippen molar-refractivity contribution in [3.63, 3.8) is 0 Å². The zero-order chi connectivity index (χ0) is 11.8. The van der Waals surface area contributed by atoms with Gasteiger partial charge >= 0.3 is 0 Å². The Balaban J connectivity index is 2.26. The summed E-state index contributed by atoms with van der Waals surface area (Å²) >= 11 is 0. The highest BCUT2D eigenvalue weighted by atomic mass is 14.2. The van der Waals surface area contributed by atoms with E-state index in [1.165, 1.54) is 33.0 Å². The zero-order valence-electron chi connectivity index (χ0n) is 10.3. The number of benzene rings is 2. The van der Waals surface area contributed by atoms with Gasteiger partial charge in [-0.3, -0.25) is 0 Å². The maximum atomic E-state index is 2.27. The standard InChI is InChI=1S/C17H16/c1-12-6-5-9-15(12)17-11-10-14-7-3-4-8-16(14)13(17)2/h3-8,10-11H,9H2,1-2H3. The second-order valence-corrected chi connectivity index (χ2v) is 4.73. The van der Waals surface area contributed by atoms with E-state index in [0.29, 0.717) is 0 Å². The molecule has 0 aliphatic heterocycles. The van der Waals surface area contributed by atoms with Gasteiger partial charge in [0.25, 0.3) is 0 Å². The van der Waals surface area contributed by atoms with Crippen molar-refractivity contribution in [2.75, 3.05) is 0 Å². The van der Waals surface area contributed by atoms with Crippen LogP contribution in [0, 0.1) is 6.92 Å². The molecule has 0 bridgehead atoms. The number of hydrogen-bond acceptors (Lipinski definition) is 0. The molecule has 0 amide bonds. The Morgan fingerprint density at radius 3 is 2.53 bits per heavy atom. The summed E-state index contributed by atoms with van der Waals surface area (Å²) in [6.07, 6.45) is 5.55. The lowest BCUT2D eigenvalue weighted by Crippen LogP contribution is -1.90. The van der Waals surface area contributed by atoms with E-state index in [0.717, 1.165) is 6.42 Å². The average molecular weight is 220 g/mol. The van der Waals surface area contributed by atoms with Crippen LogP contribution in [0.3, 0.4) is 0 Å². The number of rotatable bonds is 1. The second-order valence-electron chi connectivity index (χ2n) is 4.73. The van der Waals surface area contributed by atoms with E-state index >= 15 is 0 Å². The number of fused-ring (bicyclic) bond motifs is 1. The summed E-state index contributed by atoms with van der Waals surface area (Å²) in [5.74, 6) is 0. The first-order chi connectivity index (χ1) is 8.27. The smallest absolute Gasteiger partial charge is 0.00856 e. The van der Waals surface area contributed by atoms with Gasteiger partial charge in [-0.25, -0.2) is 0 Å². The van der Waals surface area contributed by atoms with E-state index in [2.05, 4.69) is 62.4 Å². The van der Waals surface area contributed by atoms with Gasteiger partial charge in [0.05, 0.1) is 0 Å². The Morgan fingerprint density at radius 1 is 0.941 bits per heavy atom. The quantitative estimate of drug-likeness (QED) is 0.642. The lowest BCUT2D eigenvalue weighted by atomic mass is 9.93. The average Bonchev–Trinajstić information content (AvgIpc) is 2.76. The van der Waals surface area contributed by atoms with E-state index < -0.39 is 0 Å². The van der Waals surface area contributed by atoms with E-state index in [9.17, 15) is 0 Å². The van der Waals surface area contributed by atoms with Crippen molar-refractivity contribution in [2.45, 2.75) is 20.3 Å². The van der Waals surface area contributed by atoms with Crippen molar-refractivity contribution in [3.05, 3.63) is 65.3 Å². The first-order valence-corrected chi connectivity index (χ1v) is 6.12. The third-order valence-corrected chi connectivity index (χ3v) is 3.69. The summed E-state index contributed by atoms with van der Waals surface area (Å²) in [5, 5.41) is 2.70. The van der Waals surface area contributed by atoms with Crippen LogP contribution in [0.25, 0.3) is 16.3 Å². The minimum absolute atomic E-state index is 1.07. The molecule has 1 aliphatic rings. The Kier molecular flexibility index (Phi) is 2.36. The summed E-state index contributed by atoms with van der Waals surface area (Å²) < 4.78 is 0. The van der Waals surface area contributed by atoms with Crippen molar-refractivity contribution in [1.82, 2.24) is 0 Å². The molecule has 0 atom stereocenters. The topological polar surface area (TPSA) is 0 Å². The normalized spacial score (nSPS) is 14.9. The maximum absolute atomic E-state index is 2.27. The van der Waals surface area contributed by atoms with Crippen LogP contribution in [0.15, 0.2) is 54.1 Å². The van der Waals surface area contributed by atoms with Crippen LogP contribution in [-0.4, -0.2) is 0 Å². The molecule has 0 heteroatoms. The molecule has 0 heterocycles. The van der Waals surface area contributed by atoms with Crippen molar-refractivity contribution in [1.29, 1.82) is 0 Å². The molecular weight excluding hydrogens is 204 g/mol. The molecule has 0 saturated heterocycles. The van der Waals surface area contributed by atoms with Crippen LogP contribution in [0.2, 0.25) is 0 Å². The van der Waals surface area contributed by atoms with Crippen LogP contribution < -0.4 is 0 Å². The molecule has 0 spiro atoms. The van der Waals surface area contributed by atoms with Crippen molar-refractivity contribution in [2.24, 2.45) is 0 Å². The van der Waals surface area contributed by atoms with Crippen LogP contribution in [-0.2, 0) is 0 Å². The molecule has 0 aromatic heterocycles. The van der Waals surface area contributed by atoms with Crippen molar-refractivity contribution in [3.8, 4) is 0 Å². The maximum Gasteiger partial charge on any atom is -0.00856 e. The largest absolute Gasteiger partial charge is 0.0798 e. The van der Waals surface area contributed by atoms with Gasteiger partial charge in [0.2, 0.25) is 0 Å². The van der Waals surface area contributed by atoms with E-state index in [1.807, 2.05) is 0 Å². The number of aryl methyl sites for hydroxylation is 1. The molecule has 0 radical (unpaired) electrons. The third-order valence-electron chi connectivity index (χ3n) is 3.69. The van der Waals surface area contributed by atoms with E-state index in [-0.39, 0.29) is 0 Å². The summed E-state index contributed by atoms with van der Waals surface area (Å²) in [7, 11) is 0. The minimum Gasteiger partial charge on any atom is -0.0798 e. The highest BCUT2D eigenvalue weighted by Crippen LogP contribution is 2.33. The zero-order valence-corrected chi connectivity index (χ0v) is 10.3. The van der Waals surface area contributed by atoms with Gasteiger partial charge < -0.3 is 0 Å². The van der Waals surface area contributed by atoms with Gasteiger partial charge in [-0.15, -0.1) is 0 Å². The first kappa shape index (κ1) is 10.3. The van der Waals surface area contributed by atoms with Crippen LogP contribution in [0.5, 0.6) is 0 Å². The highest BCUT2D eigenvalue weighted by Gasteiger charge is 2.11. The lowest BCUT2D eigenvalue weighted by molar-refractivity contribution is 1.37. The Labute approximate surface area is 102 Å². The highest BCUT2D eigenvalue weighted by molar-refractivity contribution is 5.91. The third kappa shape index (κ3) is 1.61. The van der Waals surface area contributed by atoms with Gasteiger partial charge in [-0.2, -0.15) is 0 Å². The monoisotopic (exact) mass is 220 g/mol. The second kappa shape index (κ2) is 3.89. The van der Waals surface area contributed by atoms with Gasteiger partial charge in [0.15, 0.2) is 0 Å². The molecule has 2 aromatic carbocycles. The molecule has 0 N–H and O–H groups in total. The number of allylic oxidation sites excluding steroid dienone is 4. The fourth-order valence-corrected chi connectivity index (χ4v) is 2.69. The lowest BCUT2D eigenvalue weighted by Gasteiger charge is -2.11. The first-order valence-electron chi connectivity index (χ1n) is 6.12. The van der Waals surface area contributed by atoms with Gasteiger partial charge in [0, 0.05) is 0 Å². The molecule has 84 valence electrons. The molecule has 1 aliphatic carbocycles. The van der Waals surface area contributed by atoms with E-state index in [1.54, 1.807) is 0 Å². The van der Waals surface area contributed by atoms with Crippen molar-refractivity contribution >= 4 is 16.3 Å². The Bertz CT molecular complexity index is 642. The summed E-state index contributed by atoms with van der Waals surface area (Å²) in [6, 6.07) is 13.1. The predicted molar refractivity (Wildman–Crippen MR) is 75.0 cm³/mol. The molecule has 0 nitrogen and oxygen atoms in total. The molecular formula is C17H16. The fourth-order valence-electron chi connectivity index (χ4n) is 2.69. The summed E-state index contributed by atoms with van der Waals surface area (Å²) in [5.41, 5.74) is 5.70. The molecule has 2 aromatic rings. The van der Waals surface area contributed by atoms with E-state index in [4.69, 9.17) is 0 Å². The predicted octanol–water partition coefficient (Wildman–Crippen LogP) is 4.88. The number of hydrogen-bond donors (Lipinski definition) is 0. The molecule has 0 saturated carbocycles. The summed E-state index contributed by atoms with van der Waals surface area (Å²) in [6.45, 7) is 4.43. The summed E-state index contributed by atoms with van der Waals surface area (Å²) in [4.78, 5) is 0. The molecule has 17 heavy (non-hydrogen) atoms.